The lowest BCUT2D eigenvalue weighted by molar-refractivity contribution is 0.0991. The Kier molecular flexibility index (Phi) is 6.01. The van der Waals surface area contributed by atoms with Gasteiger partial charge in [-0.2, -0.15) is 0 Å². The summed E-state index contributed by atoms with van der Waals surface area (Å²) in [6.45, 7) is 0. The van der Waals surface area contributed by atoms with Gasteiger partial charge in [0.05, 0.1) is 23.3 Å². The third-order valence-electron chi connectivity index (χ3n) is 4.43. The van der Waals surface area contributed by atoms with Gasteiger partial charge in [-0.05, 0) is 31.0 Å². The summed E-state index contributed by atoms with van der Waals surface area (Å²) in [5.41, 5.74) is 1.02. The van der Waals surface area contributed by atoms with Crippen molar-refractivity contribution in [2.45, 2.75) is 37.9 Å². The van der Waals surface area contributed by atoms with Crippen molar-refractivity contribution in [3.8, 4) is 11.5 Å². The largest absolute Gasteiger partial charge is 0.493 e. The lowest BCUT2D eigenvalue weighted by atomic mass is 10.0. The van der Waals surface area contributed by atoms with Crippen molar-refractivity contribution in [3.63, 3.8) is 0 Å². The number of rotatable bonds is 6. The fraction of sp³-hybridized carbons (Fsp3) is 0.368. The summed E-state index contributed by atoms with van der Waals surface area (Å²) in [6, 6.07) is 5.04. The van der Waals surface area contributed by atoms with E-state index in [-0.39, 0.29) is 24.4 Å². The van der Waals surface area contributed by atoms with Crippen LogP contribution in [0.15, 0.2) is 30.6 Å². The molecule has 26 heavy (non-hydrogen) atoms. The first-order valence-corrected chi connectivity index (χ1v) is 9.07. The van der Waals surface area contributed by atoms with Crippen LogP contribution in [-0.2, 0) is 6.42 Å². The smallest absolute Gasteiger partial charge is 0.167 e. The molecule has 1 fully saturated rings. The number of methoxy groups -OCH3 is 1. The fourth-order valence-corrected chi connectivity index (χ4v) is 3.51. The summed E-state index contributed by atoms with van der Waals surface area (Å²) in [7, 11) is 1.55. The summed E-state index contributed by atoms with van der Waals surface area (Å²) in [5, 5.41) is 10.4. The highest BCUT2D eigenvalue weighted by molar-refractivity contribution is 6.36. The first-order valence-electron chi connectivity index (χ1n) is 8.31. The number of Topliss-reactive ketones (excluding diaryl/α,β-unsaturated/α-hetero) is 1. The number of benzene rings is 1. The fourth-order valence-electron chi connectivity index (χ4n) is 3.02. The van der Waals surface area contributed by atoms with Gasteiger partial charge in [0.2, 0.25) is 0 Å². The van der Waals surface area contributed by atoms with Crippen molar-refractivity contribution >= 4 is 29.0 Å². The summed E-state index contributed by atoms with van der Waals surface area (Å²) < 4.78 is 11.3. The third-order valence-corrected chi connectivity index (χ3v) is 5.08. The molecule has 2 atom stereocenters. The van der Waals surface area contributed by atoms with Crippen molar-refractivity contribution in [2.75, 3.05) is 7.11 Å². The van der Waals surface area contributed by atoms with E-state index in [9.17, 15) is 9.90 Å². The van der Waals surface area contributed by atoms with Gasteiger partial charge in [0.1, 0.15) is 6.10 Å². The molecule has 1 N–H and O–H groups in total. The Morgan fingerprint density at radius 3 is 2.58 bits per heavy atom. The number of hydrogen-bond acceptors (Lipinski definition) is 5. The van der Waals surface area contributed by atoms with Gasteiger partial charge in [-0.15, -0.1) is 0 Å². The van der Waals surface area contributed by atoms with Gasteiger partial charge >= 0.3 is 0 Å². The molecule has 1 heterocycles. The van der Waals surface area contributed by atoms with Crippen molar-refractivity contribution < 1.29 is 19.4 Å². The lowest BCUT2D eigenvalue weighted by Crippen LogP contribution is -2.14. The summed E-state index contributed by atoms with van der Waals surface area (Å²) in [4.78, 5) is 16.6. The zero-order valence-electron chi connectivity index (χ0n) is 14.2. The Morgan fingerprint density at radius 1 is 1.23 bits per heavy atom. The zero-order valence-corrected chi connectivity index (χ0v) is 15.8. The number of aromatic nitrogens is 1. The molecular weight excluding hydrogens is 377 g/mol. The maximum Gasteiger partial charge on any atom is 0.167 e. The predicted molar refractivity (Wildman–Crippen MR) is 99.6 cm³/mol. The molecule has 1 aromatic carbocycles. The minimum Gasteiger partial charge on any atom is -0.493 e. The molecule has 138 valence electrons. The number of ketones is 1. The van der Waals surface area contributed by atoms with E-state index >= 15 is 0 Å². The molecule has 2 unspecified atom stereocenters. The van der Waals surface area contributed by atoms with Gasteiger partial charge in [0.15, 0.2) is 17.3 Å². The highest BCUT2D eigenvalue weighted by Crippen LogP contribution is 2.33. The minimum absolute atomic E-state index is 0.0636. The molecule has 0 saturated heterocycles. The Balaban J connectivity index is 1.81. The third kappa shape index (κ3) is 4.29. The van der Waals surface area contributed by atoms with Crippen molar-refractivity contribution in [1.29, 1.82) is 0 Å². The van der Waals surface area contributed by atoms with Gasteiger partial charge < -0.3 is 14.6 Å². The van der Waals surface area contributed by atoms with Crippen molar-refractivity contribution in [3.05, 3.63) is 51.8 Å². The number of aliphatic hydroxyl groups is 1. The van der Waals surface area contributed by atoms with Crippen LogP contribution in [0.2, 0.25) is 10.0 Å². The quantitative estimate of drug-likeness (QED) is 0.745. The molecule has 0 spiro atoms. The second-order valence-electron chi connectivity index (χ2n) is 6.25. The molecule has 0 radical (unpaired) electrons. The van der Waals surface area contributed by atoms with E-state index in [0.29, 0.717) is 45.5 Å². The molecule has 1 aliphatic rings. The predicted octanol–water partition coefficient (Wildman–Crippen LogP) is 4.11. The highest BCUT2D eigenvalue weighted by Gasteiger charge is 2.25. The number of hydrogen-bond donors (Lipinski definition) is 1. The monoisotopic (exact) mass is 395 g/mol. The summed E-state index contributed by atoms with van der Waals surface area (Å²) >= 11 is 12.2. The minimum atomic E-state index is -0.341. The van der Waals surface area contributed by atoms with Crippen molar-refractivity contribution in [1.82, 2.24) is 4.98 Å². The molecule has 7 heteroatoms. The molecule has 2 aromatic rings. The normalized spacial score (nSPS) is 19.4. The molecule has 0 bridgehead atoms. The van der Waals surface area contributed by atoms with Crippen LogP contribution in [0.5, 0.6) is 11.5 Å². The Labute approximate surface area is 161 Å². The number of carbonyl (C=O) groups excluding carboxylic acids is 1. The van der Waals surface area contributed by atoms with E-state index in [1.54, 1.807) is 25.3 Å². The first-order chi connectivity index (χ1) is 12.5. The van der Waals surface area contributed by atoms with Crippen LogP contribution in [0.25, 0.3) is 0 Å². The number of halogens is 2. The standard InChI is InChI=1S/C19H19Cl2NO4/c1-25-18-5-2-11(6-19(18)26-13-4-3-12(23)7-13)17(24)8-14-15(20)9-22-10-16(14)21/h2,5-6,9-10,12-13,23H,3-4,7-8H2,1H3. The first kappa shape index (κ1) is 19.0. The molecule has 0 amide bonds. The Morgan fingerprint density at radius 2 is 1.96 bits per heavy atom. The second-order valence-corrected chi connectivity index (χ2v) is 7.07. The highest BCUT2D eigenvalue weighted by atomic mass is 35.5. The maximum absolute atomic E-state index is 12.7. The van der Waals surface area contributed by atoms with Gasteiger partial charge in [-0.25, -0.2) is 0 Å². The summed E-state index contributed by atoms with van der Waals surface area (Å²) in [6.07, 6.45) is 4.61. The average molecular weight is 396 g/mol. The van der Waals surface area contributed by atoms with Crippen molar-refractivity contribution in [2.24, 2.45) is 0 Å². The molecular formula is C19H19Cl2NO4. The van der Waals surface area contributed by atoms with Crippen LogP contribution in [0.4, 0.5) is 0 Å². The summed E-state index contributed by atoms with van der Waals surface area (Å²) in [5.74, 6) is 0.895. The topological polar surface area (TPSA) is 68.7 Å². The van der Waals surface area contributed by atoms with Crippen LogP contribution < -0.4 is 9.47 Å². The van der Waals surface area contributed by atoms with Crippen LogP contribution in [0.1, 0.15) is 35.2 Å². The van der Waals surface area contributed by atoms with Crippen LogP contribution in [0, 0.1) is 0 Å². The van der Waals surface area contributed by atoms with Gasteiger partial charge in [-0.3, -0.25) is 9.78 Å². The molecule has 1 aliphatic carbocycles. The number of aliphatic hydroxyl groups excluding tert-OH is 1. The number of carbonyl (C=O) groups is 1. The zero-order chi connectivity index (χ0) is 18.7. The van der Waals surface area contributed by atoms with Gasteiger partial charge in [0, 0.05) is 36.4 Å². The lowest BCUT2D eigenvalue weighted by Gasteiger charge is -2.17. The van der Waals surface area contributed by atoms with Crippen LogP contribution in [-0.4, -0.2) is 35.2 Å². The molecule has 3 rings (SSSR count). The number of nitrogens with zero attached hydrogens (tertiary/aromatic N) is 1. The second kappa shape index (κ2) is 8.25. The molecule has 1 aromatic heterocycles. The number of ether oxygens (including phenoxy) is 2. The molecule has 1 saturated carbocycles. The van der Waals surface area contributed by atoms with Crippen LogP contribution >= 0.6 is 23.2 Å². The van der Waals surface area contributed by atoms with E-state index < -0.39 is 0 Å². The van der Waals surface area contributed by atoms with Gasteiger partial charge in [0.25, 0.3) is 0 Å². The molecule has 5 nitrogen and oxygen atoms in total. The molecule has 0 aliphatic heterocycles. The van der Waals surface area contributed by atoms with E-state index in [0.717, 1.165) is 6.42 Å². The SMILES string of the molecule is COc1ccc(C(=O)Cc2c(Cl)cncc2Cl)cc1OC1CCC(O)C1. The van der Waals surface area contributed by atoms with E-state index in [1.807, 2.05) is 0 Å². The Hall–Kier alpha value is -1.82. The maximum atomic E-state index is 12.7. The van der Waals surface area contributed by atoms with Crippen LogP contribution in [0.3, 0.4) is 0 Å². The number of pyridine rings is 1. The Bertz CT molecular complexity index is 792. The average Bonchev–Trinajstić information content (AvgIpc) is 3.03. The van der Waals surface area contributed by atoms with E-state index in [1.165, 1.54) is 12.4 Å². The van der Waals surface area contributed by atoms with Gasteiger partial charge in [-0.1, -0.05) is 23.2 Å². The van der Waals surface area contributed by atoms with E-state index in [2.05, 4.69) is 4.98 Å². The van der Waals surface area contributed by atoms with E-state index in [4.69, 9.17) is 32.7 Å².